The van der Waals surface area contributed by atoms with Crippen molar-refractivity contribution in [3.63, 3.8) is 0 Å². The third-order valence-electron chi connectivity index (χ3n) is 4.26. The summed E-state index contributed by atoms with van der Waals surface area (Å²) in [6.07, 6.45) is 6.19. The summed E-state index contributed by atoms with van der Waals surface area (Å²) in [5.41, 5.74) is 3.27. The Morgan fingerprint density at radius 1 is 1.24 bits per heavy atom. The largest absolute Gasteiger partial charge is 0.478 e. The number of fused-ring (bicyclic) bond motifs is 1. The van der Waals surface area contributed by atoms with Crippen LogP contribution in [-0.2, 0) is 0 Å². The van der Waals surface area contributed by atoms with Gasteiger partial charge < -0.3 is 14.8 Å². The Kier molecular flexibility index (Phi) is 3.95. The number of aromatic nitrogens is 2. The highest BCUT2D eigenvalue weighted by molar-refractivity contribution is 5.88. The van der Waals surface area contributed by atoms with Crippen molar-refractivity contribution in [2.75, 3.05) is 6.54 Å². The number of nitrogens with zero attached hydrogens (tertiary/aromatic N) is 1. The zero-order valence-electron chi connectivity index (χ0n) is 13.4. The number of aromatic carboxylic acids is 1. The summed E-state index contributed by atoms with van der Waals surface area (Å²) in [4.78, 5) is 18.4. The Balaban J connectivity index is 1.48. The van der Waals surface area contributed by atoms with Crippen LogP contribution in [0.2, 0.25) is 0 Å². The molecule has 0 fully saturated rings. The number of hydrogen-bond acceptors (Lipinski definition) is 4. The van der Waals surface area contributed by atoms with Crippen LogP contribution in [0.1, 0.15) is 22.3 Å². The van der Waals surface area contributed by atoms with E-state index in [-0.39, 0.29) is 11.8 Å². The molecule has 4 rings (SSSR count). The zero-order chi connectivity index (χ0) is 17.2. The molecule has 0 spiro atoms. The monoisotopic (exact) mass is 335 g/mol. The van der Waals surface area contributed by atoms with Gasteiger partial charge in [0.2, 0.25) is 0 Å². The molecule has 2 aromatic heterocycles. The lowest BCUT2D eigenvalue weighted by atomic mass is 9.98. The van der Waals surface area contributed by atoms with Gasteiger partial charge in [0.05, 0.1) is 11.8 Å². The van der Waals surface area contributed by atoms with Gasteiger partial charge in [-0.1, -0.05) is 18.2 Å². The molecule has 1 unspecified atom stereocenters. The van der Waals surface area contributed by atoms with Crippen molar-refractivity contribution in [3.8, 4) is 5.75 Å². The molecule has 0 amide bonds. The highest BCUT2D eigenvalue weighted by Crippen LogP contribution is 2.25. The SMILES string of the molecule is O=C(O)c1ccc(C2=CCNC(Oc3cnc4[nH]ccc4c3)C2)cc1. The molecule has 126 valence electrons. The first-order valence-electron chi connectivity index (χ1n) is 8.05. The lowest BCUT2D eigenvalue weighted by Crippen LogP contribution is -2.37. The van der Waals surface area contributed by atoms with E-state index in [9.17, 15) is 4.79 Å². The fourth-order valence-corrected chi connectivity index (χ4v) is 2.96. The normalized spacial score (nSPS) is 17.3. The van der Waals surface area contributed by atoms with Gasteiger partial charge in [-0.25, -0.2) is 9.78 Å². The maximum absolute atomic E-state index is 11.0. The van der Waals surface area contributed by atoms with Gasteiger partial charge in [0, 0.05) is 24.5 Å². The highest BCUT2D eigenvalue weighted by atomic mass is 16.5. The van der Waals surface area contributed by atoms with Crippen LogP contribution in [0.3, 0.4) is 0 Å². The van der Waals surface area contributed by atoms with Gasteiger partial charge in [-0.05, 0) is 35.4 Å². The van der Waals surface area contributed by atoms with Crippen LogP contribution in [0.25, 0.3) is 16.6 Å². The highest BCUT2D eigenvalue weighted by Gasteiger charge is 2.18. The van der Waals surface area contributed by atoms with Gasteiger partial charge in [0.1, 0.15) is 11.4 Å². The summed E-state index contributed by atoms with van der Waals surface area (Å²) in [6.45, 7) is 0.695. The Hall–Kier alpha value is -3.12. The van der Waals surface area contributed by atoms with Crippen molar-refractivity contribution in [1.29, 1.82) is 0 Å². The van der Waals surface area contributed by atoms with Gasteiger partial charge in [-0.2, -0.15) is 0 Å². The number of carbonyl (C=O) groups is 1. The fourth-order valence-electron chi connectivity index (χ4n) is 2.96. The third-order valence-corrected chi connectivity index (χ3v) is 4.26. The number of hydrogen-bond donors (Lipinski definition) is 3. The number of carboxylic acids is 1. The maximum Gasteiger partial charge on any atom is 0.335 e. The molecule has 0 saturated heterocycles. The van der Waals surface area contributed by atoms with Crippen LogP contribution in [-0.4, -0.2) is 33.8 Å². The quantitative estimate of drug-likeness (QED) is 0.682. The van der Waals surface area contributed by atoms with E-state index >= 15 is 0 Å². The summed E-state index contributed by atoms with van der Waals surface area (Å²) in [7, 11) is 0. The maximum atomic E-state index is 11.0. The van der Waals surface area contributed by atoms with E-state index < -0.39 is 5.97 Å². The second kappa shape index (κ2) is 6.41. The van der Waals surface area contributed by atoms with Crippen molar-refractivity contribution in [2.45, 2.75) is 12.6 Å². The summed E-state index contributed by atoms with van der Waals surface area (Å²) in [5, 5.41) is 13.3. The van der Waals surface area contributed by atoms with Crippen LogP contribution in [0.5, 0.6) is 5.75 Å². The molecule has 0 radical (unpaired) electrons. The van der Waals surface area contributed by atoms with Gasteiger partial charge >= 0.3 is 5.97 Å². The summed E-state index contributed by atoms with van der Waals surface area (Å²) in [5.74, 6) is -0.202. The predicted octanol–water partition coefficient (Wildman–Crippen LogP) is 3.04. The Labute approximate surface area is 144 Å². The summed E-state index contributed by atoms with van der Waals surface area (Å²) >= 11 is 0. The number of aromatic amines is 1. The van der Waals surface area contributed by atoms with Crippen LogP contribution >= 0.6 is 0 Å². The van der Waals surface area contributed by atoms with E-state index in [0.29, 0.717) is 18.7 Å². The molecule has 1 atom stereocenters. The van der Waals surface area contributed by atoms with Crippen molar-refractivity contribution >= 4 is 22.6 Å². The second-order valence-corrected chi connectivity index (χ2v) is 5.92. The Morgan fingerprint density at radius 2 is 2.08 bits per heavy atom. The Morgan fingerprint density at radius 3 is 2.88 bits per heavy atom. The molecule has 1 aliphatic rings. The first kappa shape index (κ1) is 15.4. The van der Waals surface area contributed by atoms with E-state index in [1.165, 1.54) is 0 Å². The predicted molar refractivity (Wildman–Crippen MR) is 94.5 cm³/mol. The average Bonchev–Trinajstić information content (AvgIpc) is 3.10. The van der Waals surface area contributed by atoms with E-state index in [0.717, 1.165) is 22.2 Å². The molecule has 3 N–H and O–H groups in total. The smallest absolute Gasteiger partial charge is 0.335 e. The average molecular weight is 335 g/mol. The number of rotatable bonds is 4. The number of carboxylic acid groups (broad SMARTS) is 1. The molecule has 1 aliphatic heterocycles. The molecule has 0 aliphatic carbocycles. The first-order valence-corrected chi connectivity index (χ1v) is 8.05. The lowest BCUT2D eigenvalue weighted by molar-refractivity contribution is 0.0697. The summed E-state index contributed by atoms with van der Waals surface area (Å²) in [6, 6.07) is 10.8. The van der Waals surface area contributed by atoms with Crippen LogP contribution in [0.4, 0.5) is 0 Å². The fraction of sp³-hybridized carbons (Fsp3) is 0.158. The number of H-pyrrole nitrogens is 1. The van der Waals surface area contributed by atoms with Crippen molar-refractivity contribution in [3.05, 3.63) is 66.0 Å². The molecule has 25 heavy (non-hydrogen) atoms. The Bertz CT molecular complexity index is 944. The van der Waals surface area contributed by atoms with Crippen molar-refractivity contribution in [2.24, 2.45) is 0 Å². The number of nitrogens with one attached hydrogen (secondary N) is 2. The number of benzene rings is 1. The minimum atomic E-state index is -0.917. The summed E-state index contributed by atoms with van der Waals surface area (Å²) < 4.78 is 6.02. The standard InChI is InChI=1S/C19H17N3O3/c23-19(24)13-3-1-12(2-4-13)14-5-7-20-17(10-14)25-16-9-15-6-8-21-18(15)22-11-16/h1-6,8-9,11,17,20H,7,10H2,(H,21,22)(H,23,24). The van der Waals surface area contributed by atoms with Crippen molar-refractivity contribution < 1.29 is 14.6 Å². The second-order valence-electron chi connectivity index (χ2n) is 5.92. The van der Waals surface area contributed by atoms with E-state index in [2.05, 4.69) is 21.4 Å². The van der Waals surface area contributed by atoms with Crippen molar-refractivity contribution in [1.82, 2.24) is 15.3 Å². The molecular formula is C19H17N3O3. The number of pyridine rings is 1. The molecule has 0 bridgehead atoms. The van der Waals surface area contributed by atoms with Crippen LogP contribution in [0, 0.1) is 0 Å². The molecular weight excluding hydrogens is 318 g/mol. The zero-order valence-corrected chi connectivity index (χ0v) is 13.4. The third kappa shape index (κ3) is 3.25. The molecule has 6 heteroatoms. The lowest BCUT2D eigenvalue weighted by Gasteiger charge is -2.25. The molecule has 1 aromatic carbocycles. The van der Waals surface area contributed by atoms with Crippen LogP contribution < -0.4 is 10.1 Å². The molecule has 3 heterocycles. The van der Waals surface area contributed by atoms with Gasteiger partial charge in [0.15, 0.2) is 6.23 Å². The minimum Gasteiger partial charge on any atom is -0.478 e. The topological polar surface area (TPSA) is 87.2 Å². The van der Waals surface area contributed by atoms with Crippen LogP contribution in [0.15, 0.2) is 54.9 Å². The van der Waals surface area contributed by atoms with E-state index in [4.69, 9.17) is 9.84 Å². The van der Waals surface area contributed by atoms with E-state index in [1.807, 2.05) is 30.5 Å². The first-order chi connectivity index (χ1) is 12.2. The number of ether oxygens (including phenoxy) is 1. The molecule has 6 nitrogen and oxygen atoms in total. The minimum absolute atomic E-state index is 0.155. The van der Waals surface area contributed by atoms with E-state index in [1.54, 1.807) is 18.3 Å². The molecule has 0 saturated carbocycles. The van der Waals surface area contributed by atoms with Gasteiger partial charge in [0.25, 0.3) is 0 Å². The van der Waals surface area contributed by atoms with Gasteiger partial charge in [-0.3, -0.25) is 5.32 Å². The van der Waals surface area contributed by atoms with Gasteiger partial charge in [-0.15, -0.1) is 0 Å². The molecule has 3 aromatic rings.